The molecule has 1 unspecified atom stereocenters. The molecule has 0 aliphatic carbocycles. The van der Waals surface area contributed by atoms with Gasteiger partial charge in [-0.25, -0.2) is 0 Å². The van der Waals surface area contributed by atoms with E-state index < -0.39 is 5.60 Å². The van der Waals surface area contributed by atoms with Crippen LogP contribution in [-0.2, 0) is 12.1 Å². The Morgan fingerprint density at radius 2 is 2.11 bits per heavy atom. The predicted molar refractivity (Wildman–Crippen MR) is 74.2 cm³/mol. The fourth-order valence-electron chi connectivity index (χ4n) is 2.17. The molecule has 102 valence electrons. The first kappa shape index (κ1) is 13.6. The van der Waals surface area contributed by atoms with Gasteiger partial charge in [0.2, 0.25) is 0 Å². The quantitative estimate of drug-likeness (QED) is 0.898. The average molecular weight is 260 g/mol. The van der Waals surface area contributed by atoms with E-state index in [9.17, 15) is 5.11 Å². The highest BCUT2D eigenvalue weighted by Crippen LogP contribution is 2.34. The Morgan fingerprint density at radius 3 is 2.79 bits per heavy atom. The van der Waals surface area contributed by atoms with E-state index in [4.69, 9.17) is 4.74 Å². The molecule has 19 heavy (non-hydrogen) atoms. The van der Waals surface area contributed by atoms with Gasteiger partial charge < -0.3 is 9.84 Å². The Balaban J connectivity index is 2.39. The van der Waals surface area contributed by atoms with Gasteiger partial charge in [0.25, 0.3) is 0 Å². The molecule has 1 N–H and O–H groups in total. The van der Waals surface area contributed by atoms with E-state index in [0.29, 0.717) is 5.75 Å². The Bertz CT molecular complexity index is 547. The van der Waals surface area contributed by atoms with Crippen LogP contribution in [0.3, 0.4) is 0 Å². The van der Waals surface area contributed by atoms with Gasteiger partial charge in [-0.05, 0) is 19.4 Å². The minimum Gasteiger partial charge on any atom is -0.496 e. The molecular formula is C15H20N2O2. The van der Waals surface area contributed by atoms with Crippen molar-refractivity contribution in [3.8, 4) is 5.75 Å². The van der Waals surface area contributed by atoms with Gasteiger partial charge in [-0.3, -0.25) is 4.68 Å². The van der Waals surface area contributed by atoms with E-state index in [0.717, 1.165) is 24.1 Å². The minimum absolute atomic E-state index is 0.677. The third kappa shape index (κ3) is 2.63. The summed E-state index contributed by atoms with van der Waals surface area (Å²) in [6.45, 7) is 4.71. The molecule has 2 aromatic rings. The molecule has 1 heterocycles. The molecule has 0 aliphatic rings. The molecule has 0 radical (unpaired) electrons. The molecule has 0 saturated heterocycles. The van der Waals surface area contributed by atoms with Gasteiger partial charge in [0, 0.05) is 23.9 Å². The smallest absolute Gasteiger partial charge is 0.125 e. The SMILES string of the molecule is CCCn1cc(C(C)(O)c2ccccc2OC)cn1. The summed E-state index contributed by atoms with van der Waals surface area (Å²) in [5, 5.41) is 15.1. The molecule has 2 rings (SSSR count). The standard InChI is InChI=1S/C15H20N2O2/c1-4-9-17-11-12(10-16-17)15(2,18)13-7-5-6-8-14(13)19-3/h5-8,10-11,18H,4,9H2,1-3H3. The fraction of sp³-hybridized carbons (Fsp3) is 0.400. The fourth-order valence-corrected chi connectivity index (χ4v) is 2.17. The molecule has 1 aromatic carbocycles. The maximum Gasteiger partial charge on any atom is 0.125 e. The van der Waals surface area contributed by atoms with Crippen molar-refractivity contribution in [2.24, 2.45) is 0 Å². The summed E-state index contributed by atoms with van der Waals surface area (Å²) in [5.74, 6) is 0.677. The zero-order valence-corrected chi connectivity index (χ0v) is 11.6. The Hall–Kier alpha value is -1.81. The van der Waals surface area contributed by atoms with Gasteiger partial charge in [0.05, 0.1) is 13.3 Å². The van der Waals surface area contributed by atoms with E-state index in [1.54, 1.807) is 20.2 Å². The van der Waals surface area contributed by atoms with Gasteiger partial charge in [-0.1, -0.05) is 25.1 Å². The number of hydrogen-bond acceptors (Lipinski definition) is 3. The van der Waals surface area contributed by atoms with Crippen molar-refractivity contribution in [1.29, 1.82) is 0 Å². The maximum absolute atomic E-state index is 10.8. The third-order valence-corrected chi connectivity index (χ3v) is 3.28. The Kier molecular flexibility index (Phi) is 3.90. The van der Waals surface area contributed by atoms with E-state index in [1.807, 2.05) is 35.1 Å². The van der Waals surface area contributed by atoms with Crippen molar-refractivity contribution in [2.45, 2.75) is 32.4 Å². The lowest BCUT2D eigenvalue weighted by Gasteiger charge is -2.24. The summed E-state index contributed by atoms with van der Waals surface area (Å²) >= 11 is 0. The lowest BCUT2D eigenvalue weighted by atomic mass is 9.90. The first-order chi connectivity index (χ1) is 9.09. The van der Waals surface area contributed by atoms with Gasteiger partial charge in [-0.2, -0.15) is 5.10 Å². The molecule has 4 heteroatoms. The molecule has 0 saturated carbocycles. The number of hydrogen-bond donors (Lipinski definition) is 1. The second kappa shape index (κ2) is 5.45. The summed E-state index contributed by atoms with van der Waals surface area (Å²) in [7, 11) is 1.61. The van der Waals surface area contributed by atoms with Gasteiger partial charge in [-0.15, -0.1) is 0 Å². The normalized spacial score (nSPS) is 14.1. The third-order valence-electron chi connectivity index (χ3n) is 3.28. The summed E-state index contributed by atoms with van der Waals surface area (Å²) < 4.78 is 7.17. The number of rotatable bonds is 5. The van der Waals surface area contributed by atoms with Gasteiger partial charge >= 0.3 is 0 Å². The zero-order chi connectivity index (χ0) is 13.9. The monoisotopic (exact) mass is 260 g/mol. The first-order valence-electron chi connectivity index (χ1n) is 6.48. The second-order valence-corrected chi connectivity index (χ2v) is 4.76. The van der Waals surface area contributed by atoms with Crippen molar-refractivity contribution in [3.63, 3.8) is 0 Å². The summed E-state index contributed by atoms with van der Waals surface area (Å²) in [4.78, 5) is 0. The number of nitrogens with zero attached hydrogens (tertiary/aromatic N) is 2. The number of aryl methyl sites for hydroxylation is 1. The molecule has 1 aromatic heterocycles. The summed E-state index contributed by atoms with van der Waals surface area (Å²) in [6.07, 6.45) is 4.61. The van der Waals surface area contributed by atoms with E-state index in [1.165, 1.54) is 0 Å². The van der Waals surface area contributed by atoms with Crippen molar-refractivity contribution >= 4 is 0 Å². The molecule has 0 spiro atoms. The largest absolute Gasteiger partial charge is 0.496 e. The van der Waals surface area contributed by atoms with Crippen LogP contribution in [0, 0.1) is 0 Å². The highest BCUT2D eigenvalue weighted by Gasteiger charge is 2.30. The highest BCUT2D eigenvalue weighted by atomic mass is 16.5. The van der Waals surface area contributed by atoms with Crippen LogP contribution in [0.15, 0.2) is 36.7 Å². The first-order valence-corrected chi connectivity index (χ1v) is 6.48. The Labute approximate surface area is 113 Å². The van der Waals surface area contributed by atoms with Crippen LogP contribution >= 0.6 is 0 Å². The number of aromatic nitrogens is 2. The molecular weight excluding hydrogens is 240 g/mol. The summed E-state index contributed by atoms with van der Waals surface area (Å²) in [6, 6.07) is 7.50. The predicted octanol–water partition coefficient (Wildman–Crippen LogP) is 2.56. The molecule has 1 atom stereocenters. The lowest BCUT2D eigenvalue weighted by Crippen LogP contribution is -2.23. The van der Waals surface area contributed by atoms with Crippen LogP contribution in [-0.4, -0.2) is 22.0 Å². The zero-order valence-electron chi connectivity index (χ0n) is 11.6. The molecule has 0 aliphatic heterocycles. The number of aliphatic hydroxyl groups is 1. The topological polar surface area (TPSA) is 47.3 Å². The molecule has 0 bridgehead atoms. The van der Waals surface area contributed by atoms with Crippen LogP contribution in [0.5, 0.6) is 5.75 Å². The van der Waals surface area contributed by atoms with Crippen LogP contribution < -0.4 is 4.74 Å². The van der Waals surface area contributed by atoms with Crippen molar-refractivity contribution in [1.82, 2.24) is 9.78 Å². The minimum atomic E-state index is -1.11. The lowest BCUT2D eigenvalue weighted by molar-refractivity contribution is 0.0988. The second-order valence-electron chi connectivity index (χ2n) is 4.76. The van der Waals surface area contributed by atoms with Gasteiger partial charge in [0.15, 0.2) is 0 Å². The van der Waals surface area contributed by atoms with Crippen molar-refractivity contribution in [3.05, 3.63) is 47.8 Å². The molecule has 0 amide bonds. The highest BCUT2D eigenvalue weighted by molar-refractivity contribution is 5.43. The molecule has 4 nitrogen and oxygen atoms in total. The number of para-hydroxylation sites is 1. The van der Waals surface area contributed by atoms with Crippen LogP contribution in [0.4, 0.5) is 0 Å². The average Bonchev–Trinajstić information content (AvgIpc) is 2.88. The van der Waals surface area contributed by atoms with Crippen molar-refractivity contribution in [2.75, 3.05) is 7.11 Å². The molecule has 0 fully saturated rings. The Morgan fingerprint density at radius 1 is 1.37 bits per heavy atom. The maximum atomic E-state index is 10.8. The van der Waals surface area contributed by atoms with Gasteiger partial charge in [0.1, 0.15) is 11.4 Å². The van der Waals surface area contributed by atoms with E-state index in [-0.39, 0.29) is 0 Å². The van der Waals surface area contributed by atoms with E-state index in [2.05, 4.69) is 12.0 Å². The van der Waals surface area contributed by atoms with Crippen molar-refractivity contribution < 1.29 is 9.84 Å². The number of benzene rings is 1. The van der Waals surface area contributed by atoms with Crippen LogP contribution in [0.2, 0.25) is 0 Å². The van der Waals surface area contributed by atoms with E-state index >= 15 is 0 Å². The summed E-state index contributed by atoms with van der Waals surface area (Å²) in [5.41, 5.74) is 0.400. The van der Waals surface area contributed by atoms with Crippen LogP contribution in [0.1, 0.15) is 31.4 Å². The van der Waals surface area contributed by atoms with Crippen LogP contribution in [0.25, 0.3) is 0 Å². The number of ether oxygens (including phenoxy) is 1. The number of methoxy groups -OCH3 is 1.